The van der Waals surface area contributed by atoms with Gasteiger partial charge in [0.15, 0.2) is 0 Å². The zero-order valence-corrected chi connectivity index (χ0v) is 9.56. The minimum atomic E-state index is -0.962. The highest BCUT2D eigenvalue weighted by Crippen LogP contribution is 2.20. The fraction of sp³-hybridized carbons (Fsp3) is 0.800. The van der Waals surface area contributed by atoms with E-state index >= 15 is 0 Å². The third kappa shape index (κ3) is 3.18. The van der Waals surface area contributed by atoms with Crippen LogP contribution in [0.2, 0.25) is 0 Å². The van der Waals surface area contributed by atoms with E-state index in [9.17, 15) is 9.59 Å². The monoisotopic (exact) mass is 231 g/mol. The number of carboxylic acid groups (broad SMARTS) is 1. The maximum atomic E-state index is 11.3. The molecule has 1 aliphatic heterocycles. The summed E-state index contributed by atoms with van der Waals surface area (Å²) in [5.74, 6) is -1.06. The molecule has 1 unspecified atom stereocenters. The molecule has 0 spiro atoms. The first-order valence-corrected chi connectivity index (χ1v) is 5.09. The van der Waals surface area contributed by atoms with Gasteiger partial charge in [0.2, 0.25) is 5.91 Å². The summed E-state index contributed by atoms with van der Waals surface area (Å²) in [7, 11) is 1.44. The quantitative estimate of drug-likeness (QED) is 0.723. The molecular weight excluding hydrogens is 214 g/mol. The van der Waals surface area contributed by atoms with Crippen molar-refractivity contribution in [3.8, 4) is 0 Å². The molecule has 6 heteroatoms. The van der Waals surface area contributed by atoms with Gasteiger partial charge in [-0.3, -0.25) is 9.59 Å². The summed E-state index contributed by atoms with van der Waals surface area (Å²) in [4.78, 5) is 23.6. The van der Waals surface area contributed by atoms with E-state index in [0.29, 0.717) is 13.2 Å². The van der Waals surface area contributed by atoms with Crippen molar-refractivity contribution >= 4 is 11.9 Å². The molecule has 16 heavy (non-hydrogen) atoms. The summed E-state index contributed by atoms with van der Waals surface area (Å²) in [6.07, 6.45) is -0.173. The van der Waals surface area contributed by atoms with E-state index in [0.717, 1.165) is 0 Å². The first-order chi connectivity index (χ1) is 7.49. The van der Waals surface area contributed by atoms with Crippen molar-refractivity contribution < 1.29 is 24.2 Å². The van der Waals surface area contributed by atoms with Crippen LogP contribution in [-0.2, 0) is 19.1 Å². The summed E-state index contributed by atoms with van der Waals surface area (Å²) in [6.45, 7) is 2.78. The highest BCUT2D eigenvalue weighted by atomic mass is 16.5. The Morgan fingerprint density at radius 3 is 2.75 bits per heavy atom. The molecule has 0 bridgehead atoms. The predicted molar refractivity (Wildman–Crippen MR) is 55.1 cm³/mol. The van der Waals surface area contributed by atoms with Crippen molar-refractivity contribution in [3.63, 3.8) is 0 Å². The Kier molecular flexibility index (Phi) is 4.26. The summed E-state index contributed by atoms with van der Waals surface area (Å²) in [6, 6.07) is 0. The molecular formula is C10H17NO5. The largest absolute Gasteiger partial charge is 0.481 e. The Morgan fingerprint density at radius 2 is 2.25 bits per heavy atom. The van der Waals surface area contributed by atoms with Crippen LogP contribution in [0.4, 0.5) is 0 Å². The molecule has 0 aromatic heterocycles. The fourth-order valence-corrected chi connectivity index (χ4v) is 1.75. The molecule has 0 radical (unpaired) electrons. The SMILES string of the molecule is COC1(CC(=O)O)COCCN(C(C)=O)C1. The standard InChI is InChI=1S/C10H17NO5/c1-8(12)11-3-4-16-7-10(6-11,15-2)5-9(13)14/h3-7H2,1-2H3,(H,13,14). The van der Waals surface area contributed by atoms with Gasteiger partial charge in [0.05, 0.1) is 26.2 Å². The van der Waals surface area contributed by atoms with Crippen molar-refractivity contribution in [3.05, 3.63) is 0 Å². The average molecular weight is 231 g/mol. The summed E-state index contributed by atoms with van der Waals surface area (Å²) in [5, 5.41) is 8.84. The number of methoxy groups -OCH3 is 1. The number of aliphatic carboxylic acids is 1. The highest BCUT2D eigenvalue weighted by Gasteiger charge is 2.37. The summed E-state index contributed by atoms with van der Waals surface area (Å²) in [5.41, 5.74) is -0.937. The van der Waals surface area contributed by atoms with Gasteiger partial charge in [0, 0.05) is 20.6 Å². The number of carbonyl (C=O) groups is 2. The van der Waals surface area contributed by atoms with Crippen LogP contribution in [0.25, 0.3) is 0 Å². The smallest absolute Gasteiger partial charge is 0.306 e. The number of nitrogens with zero attached hydrogens (tertiary/aromatic N) is 1. The molecule has 92 valence electrons. The predicted octanol–water partition coefficient (Wildman–Crippen LogP) is -0.275. The number of ether oxygens (including phenoxy) is 2. The topological polar surface area (TPSA) is 76.1 Å². The fourth-order valence-electron chi connectivity index (χ4n) is 1.75. The third-order valence-corrected chi connectivity index (χ3v) is 2.70. The molecule has 0 aromatic rings. The molecule has 1 aliphatic rings. The van der Waals surface area contributed by atoms with Gasteiger partial charge in [-0.2, -0.15) is 0 Å². The number of hydrogen-bond acceptors (Lipinski definition) is 4. The van der Waals surface area contributed by atoms with E-state index < -0.39 is 11.6 Å². The van der Waals surface area contributed by atoms with E-state index in [-0.39, 0.29) is 25.5 Å². The Morgan fingerprint density at radius 1 is 1.56 bits per heavy atom. The Hall–Kier alpha value is -1.14. The molecule has 1 heterocycles. The lowest BCUT2D eigenvalue weighted by Gasteiger charge is -2.32. The zero-order chi connectivity index (χ0) is 12.2. The molecule has 0 aromatic carbocycles. The summed E-state index contributed by atoms with van der Waals surface area (Å²) < 4.78 is 10.6. The van der Waals surface area contributed by atoms with E-state index in [4.69, 9.17) is 14.6 Å². The maximum Gasteiger partial charge on any atom is 0.306 e. The van der Waals surface area contributed by atoms with Crippen molar-refractivity contribution in [1.29, 1.82) is 0 Å². The molecule has 0 saturated carbocycles. The second-order valence-corrected chi connectivity index (χ2v) is 3.95. The molecule has 1 amide bonds. The van der Waals surface area contributed by atoms with Gasteiger partial charge in [-0.05, 0) is 0 Å². The van der Waals surface area contributed by atoms with Gasteiger partial charge in [-0.1, -0.05) is 0 Å². The minimum Gasteiger partial charge on any atom is -0.481 e. The molecule has 1 fully saturated rings. The van der Waals surface area contributed by atoms with Crippen LogP contribution in [0.5, 0.6) is 0 Å². The highest BCUT2D eigenvalue weighted by molar-refractivity contribution is 5.74. The van der Waals surface area contributed by atoms with Crippen molar-refractivity contribution in [2.24, 2.45) is 0 Å². The van der Waals surface area contributed by atoms with Crippen molar-refractivity contribution in [2.75, 3.05) is 33.4 Å². The Balaban J connectivity index is 2.80. The normalized spacial score (nSPS) is 26.2. The Labute approximate surface area is 94.1 Å². The van der Waals surface area contributed by atoms with Crippen LogP contribution < -0.4 is 0 Å². The van der Waals surface area contributed by atoms with Gasteiger partial charge in [0.25, 0.3) is 0 Å². The van der Waals surface area contributed by atoms with Crippen molar-refractivity contribution in [2.45, 2.75) is 18.9 Å². The maximum absolute atomic E-state index is 11.3. The first kappa shape index (κ1) is 12.9. The second kappa shape index (κ2) is 5.27. The zero-order valence-electron chi connectivity index (χ0n) is 9.56. The Bertz CT molecular complexity index is 280. The van der Waals surface area contributed by atoms with Crippen LogP contribution in [0, 0.1) is 0 Å². The second-order valence-electron chi connectivity index (χ2n) is 3.95. The number of carboxylic acids is 1. The van der Waals surface area contributed by atoms with E-state index in [2.05, 4.69) is 0 Å². The van der Waals surface area contributed by atoms with E-state index in [1.165, 1.54) is 14.0 Å². The number of hydrogen-bond donors (Lipinski definition) is 1. The van der Waals surface area contributed by atoms with E-state index in [1.807, 2.05) is 0 Å². The lowest BCUT2D eigenvalue weighted by molar-refractivity contribution is -0.150. The first-order valence-electron chi connectivity index (χ1n) is 5.09. The van der Waals surface area contributed by atoms with Crippen molar-refractivity contribution in [1.82, 2.24) is 4.90 Å². The van der Waals surface area contributed by atoms with Gasteiger partial charge in [-0.15, -0.1) is 0 Å². The van der Waals surface area contributed by atoms with Crippen LogP contribution in [0.3, 0.4) is 0 Å². The van der Waals surface area contributed by atoms with Crippen LogP contribution in [-0.4, -0.2) is 60.9 Å². The number of carbonyl (C=O) groups excluding carboxylic acids is 1. The van der Waals surface area contributed by atoms with Crippen LogP contribution >= 0.6 is 0 Å². The molecule has 1 rings (SSSR count). The average Bonchev–Trinajstić information content (AvgIpc) is 2.40. The van der Waals surface area contributed by atoms with Gasteiger partial charge in [0.1, 0.15) is 5.60 Å². The molecule has 1 atom stereocenters. The molecule has 1 saturated heterocycles. The van der Waals surface area contributed by atoms with E-state index in [1.54, 1.807) is 4.90 Å². The molecule has 0 aliphatic carbocycles. The molecule has 1 N–H and O–H groups in total. The van der Waals surface area contributed by atoms with Crippen LogP contribution in [0.1, 0.15) is 13.3 Å². The van der Waals surface area contributed by atoms with Gasteiger partial charge in [-0.25, -0.2) is 0 Å². The molecule has 6 nitrogen and oxygen atoms in total. The van der Waals surface area contributed by atoms with Gasteiger partial charge >= 0.3 is 5.97 Å². The van der Waals surface area contributed by atoms with Crippen LogP contribution in [0.15, 0.2) is 0 Å². The number of rotatable bonds is 3. The lowest BCUT2D eigenvalue weighted by atomic mass is 10.00. The minimum absolute atomic E-state index is 0.0997. The number of amides is 1. The lowest BCUT2D eigenvalue weighted by Crippen LogP contribution is -2.48. The third-order valence-electron chi connectivity index (χ3n) is 2.70. The van der Waals surface area contributed by atoms with Gasteiger partial charge < -0.3 is 19.5 Å². The summed E-state index contributed by atoms with van der Waals surface area (Å²) >= 11 is 0.